The van der Waals surface area contributed by atoms with Crippen LogP contribution in [0.1, 0.15) is 24.1 Å². The second-order valence-corrected chi connectivity index (χ2v) is 3.78. The number of alkyl carbamates (subject to hydrolysis) is 1. The lowest BCUT2D eigenvalue weighted by atomic mass is 10.1. The molecule has 0 aliphatic carbocycles. The van der Waals surface area contributed by atoms with Crippen LogP contribution in [0.2, 0.25) is 0 Å². The number of halogens is 1. The van der Waals surface area contributed by atoms with Crippen LogP contribution in [0.4, 0.5) is 4.79 Å². The molecule has 0 spiro atoms. The number of hydrogen-bond acceptors (Lipinski definition) is 3. The molecule has 0 aliphatic rings. The van der Waals surface area contributed by atoms with Crippen molar-refractivity contribution in [2.45, 2.75) is 18.8 Å². The average Bonchev–Trinajstić information content (AvgIpc) is 2.36. The second kappa shape index (κ2) is 6.86. The first-order chi connectivity index (χ1) is 8.58. The van der Waals surface area contributed by atoms with E-state index in [0.29, 0.717) is 11.4 Å². The minimum Gasteiger partial charge on any atom is -0.479 e. The van der Waals surface area contributed by atoms with Crippen molar-refractivity contribution in [1.82, 2.24) is 5.32 Å². The summed E-state index contributed by atoms with van der Waals surface area (Å²) in [5.74, 6) is -0.801. The van der Waals surface area contributed by atoms with Gasteiger partial charge in [0.2, 0.25) is 0 Å². The van der Waals surface area contributed by atoms with Crippen molar-refractivity contribution in [1.29, 1.82) is 0 Å². The van der Waals surface area contributed by atoms with Gasteiger partial charge in [0.1, 0.15) is 0 Å². The highest BCUT2D eigenvalue weighted by Crippen LogP contribution is 2.15. The lowest BCUT2D eigenvalue weighted by Gasteiger charge is -2.14. The Balaban J connectivity index is 2.83. The van der Waals surface area contributed by atoms with E-state index in [1.165, 1.54) is 0 Å². The van der Waals surface area contributed by atoms with Gasteiger partial charge in [-0.1, -0.05) is 24.3 Å². The highest BCUT2D eigenvalue weighted by Gasteiger charge is 2.22. The van der Waals surface area contributed by atoms with Gasteiger partial charge in [-0.05, 0) is 18.1 Å². The summed E-state index contributed by atoms with van der Waals surface area (Å²) < 4.78 is 4.65. The van der Waals surface area contributed by atoms with Crippen LogP contribution in [0.25, 0.3) is 0 Å². The monoisotopic (exact) mass is 271 g/mol. The molecule has 0 fully saturated rings. The number of rotatable bonds is 5. The zero-order valence-electron chi connectivity index (χ0n) is 9.85. The molecule has 2 N–H and O–H groups in total. The summed E-state index contributed by atoms with van der Waals surface area (Å²) in [6.45, 7) is 1.83. The first-order valence-electron chi connectivity index (χ1n) is 5.39. The molecule has 6 heteroatoms. The highest BCUT2D eigenvalue weighted by molar-refractivity contribution is 6.17. The van der Waals surface area contributed by atoms with Crippen molar-refractivity contribution in [3.8, 4) is 0 Å². The van der Waals surface area contributed by atoms with Crippen LogP contribution >= 0.6 is 11.6 Å². The Labute approximate surface area is 110 Å². The van der Waals surface area contributed by atoms with Gasteiger partial charge in [-0.25, -0.2) is 9.59 Å². The first-order valence-corrected chi connectivity index (χ1v) is 5.92. The Kier molecular flexibility index (Phi) is 5.45. The lowest BCUT2D eigenvalue weighted by Crippen LogP contribution is -2.34. The maximum absolute atomic E-state index is 11.2. The first kappa shape index (κ1) is 14.3. The largest absolute Gasteiger partial charge is 0.479 e. The Morgan fingerprint density at radius 2 is 2.00 bits per heavy atom. The van der Waals surface area contributed by atoms with Crippen molar-refractivity contribution >= 4 is 23.7 Å². The molecule has 0 saturated heterocycles. The minimum atomic E-state index is -1.15. The summed E-state index contributed by atoms with van der Waals surface area (Å²) in [6.07, 6.45) is -0.758. The highest BCUT2D eigenvalue weighted by atomic mass is 35.5. The van der Waals surface area contributed by atoms with Crippen LogP contribution in [-0.2, 0) is 15.4 Å². The minimum absolute atomic E-state index is 0.184. The molecule has 1 rings (SSSR count). The van der Waals surface area contributed by atoms with E-state index in [4.69, 9.17) is 16.7 Å². The van der Waals surface area contributed by atoms with Crippen molar-refractivity contribution < 1.29 is 19.4 Å². The van der Waals surface area contributed by atoms with Crippen LogP contribution < -0.4 is 5.32 Å². The molecule has 0 radical (unpaired) electrons. The van der Waals surface area contributed by atoms with Gasteiger partial charge in [-0.3, -0.25) is 0 Å². The molecule has 0 aromatic heterocycles. The van der Waals surface area contributed by atoms with Gasteiger partial charge in [0.15, 0.2) is 6.04 Å². The van der Waals surface area contributed by atoms with Gasteiger partial charge < -0.3 is 15.2 Å². The van der Waals surface area contributed by atoms with Gasteiger partial charge in [0.25, 0.3) is 0 Å². The maximum Gasteiger partial charge on any atom is 0.408 e. The Morgan fingerprint density at radius 1 is 1.39 bits per heavy atom. The van der Waals surface area contributed by atoms with Gasteiger partial charge in [-0.15, -0.1) is 11.6 Å². The molecule has 0 saturated carbocycles. The zero-order chi connectivity index (χ0) is 13.5. The van der Waals surface area contributed by atoms with E-state index in [1.54, 1.807) is 31.2 Å². The Morgan fingerprint density at radius 3 is 2.44 bits per heavy atom. The summed E-state index contributed by atoms with van der Waals surface area (Å²) in [4.78, 5) is 22.3. The molecule has 98 valence electrons. The number of alkyl halides is 1. The van der Waals surface area contributed by atoms with E-state index >= 15 is 0 Å². The van der Waals surface area contributed by atoms with Gasteiger partial charge in [-0.2, -0.15) is 0 Å². The molecule has 18 heavy (non-hydrogen) atoms. The summed E-state index contributed by atoms with van der Waals surface area (Å²) in [6, 6.07) is 5.52. The molecule has 0 aliphatic heterocycles. The number of carboxylic acids is 1. The quantitative estimate of drug-likeness (QED) is 0.806. The van der Waals surface area contributed by atoms with Gasteiger partial charge >= 0.3 is 12.1 Å². The molecule has 5 nitrogen and oxygen atoms in total. The number of ether oxygens (including phenoxy) is 1. The van der Waals surface area contributed by atoms with Crippen LogP contribution in [0, 0.1) is 0 Å². The molecule has 0 bridgehead atoms. The number of aliphatic carboxylic acids is 1. The number of nitrogens with one attached hydrogen (secondary N) is 1. The summed E-state index contributed by atoms with van der Waals surface area (Å²) in [5.41, 5.74) is 1.34. The zero-order valence-corrected chi connectivity index (χ0v) is 10.6. The van der Waals surface area contributed by atoms with E-state index in [2.05, 4.69) is 10.1 Å². The molecule has 1 aromatic rings. The SMILES string of the molecule is CCOC(=O)N[C@H](C(=O)O)c1ccc(CCl)cc1. The topological polar surface area (TPSA) is 75.6 Å². The molecular formula is C12H14ClNO4. The number of amides is 1. The van der Waals surface area contributed by atoms with E-state index in [-0.39, 0.29) is 6.61 Å². The molecule has 1 aromatic carbocycles. The Hall–Kier alpha value is -1.75. The molecular weight excluding hydrogens is 258 g/mol. The number of carbonyl (C=O) groups is 2. The molecule has 0 heterocycles. The predicted octanol–water partition coefficient (Wildman–Crippen LogP) is 2.30. The summed E-state index contributed by atoms with van der Waals surface area (Å²) in [7, 11) is 0. The smallest absolute Gasteiger partial charge is 0.408 e. The summed E-state index contributed by atoms with van der Waals surface area (Å²) >= 11 is 5.64. The lowest BCUT2D eigenvalue weighted by molar-refractivity contribution is -0.139. The molecule has 1 atom stereocenters. The third-order valence-electron chi connectivity index (χ3n) is 2.25. The average molecular weight is 272 g/mol. The van der Waals surface area contributed by atoms with Gasteiger partial charge in [0, 0.05) is 5.88 Å². The Bertz CT molecular complexity index is 419. The van der Waals surface area contributed by atoms with E-state index < -0.39 is 18.1 Å². The third-order valence-corrected chi connectivity index (χ3v) is 2.56. The van der Waals surface area contributed by atoms with Crippen molar-refractivity contribution in [2.75, 3.05) is 6.61 Å². The van der Waals surface area contributed by atoms with E-state index in [9.17, 15) is 9.59 Å². The fourth-order valence-electron chi connectivity index (χ4n) is 1.38. The fourth-order valence-corrected chi connectivity index (χ4v) is 1.56. The second-order valence-electron chi connectivity index (χ2n) is 3.51. The van der Waals surface area contributed by atoms with Crippen LogP contribution in [0.3, 0.4) is 0 Å². The number of benzene rings is 1. The van der Waals surface area contributed by atoms with Gasteiger partial charge in [0.05, 0.1) is 6.61 Å². The molecule has 1 amide bonds. The summed E-state index contributed by atoms with van der Waals surface area (Å²) in [5, 5.41) is 11.4. The van der Waals surface area contributed by atoms with Crippen LogP contribution in [-0.4, -0.2) is 23.8 Å². The predicted molar refractivity (Wildman–Crippen MR) is 66.5 cm³/mol. The fraction of sp³-hybridized carbons (Fsp3) is 0.333. The molecule has 0 unspecified atom stereocenters. The maximum atomic E-state index is 11.2. The van der Waals surface area contributed by atoms with Crippen molar-refractivity contribution in [2.24, 2.45) is 0 Å². The van der Waals surface area contributed by atoms with E-state index in [1.807, 2.05) is 0 Å². The van der Waals surface area contributed by atoms with Crippen LogP contribution in [0.15, 0.2) is 24.3 Å². The normalized spacial score (nSPS) is 11.7. The van der Waals surface area contributed by atoms with Crippen molar-refractivity contribution in [3.63, 3.8) is 0 Å². The third kappa shape index (κ3) is 3.92. The standard InChI is InChI=1S/C12H14ClNO4/c1-2-18-12(17)14-10(11(15)16)9-5-3-8(7-13)4-6-9/h3-6,10H,2,7H2,1H3,(H,14,17)(H,15,16)/t10-/m0/s1. The number of carboxylic acid groups (broad SMARTS) is 1. The van der Waals surface area contributed by atoms with Crippen LogP contribution in [0.5, 0.6) is 0 Å². The number of hydrogen-bond donors (Lipinski definition) is 2. The van der Waals surface area contributed by atoms with E-state index in [0.717, 1.165) is 5.56 Å². The number of carbonyl (C=O) groups excluding carboxylic acids is 1. The van der Waals surface area contributed by atoms with Crippen molar-refractivity contribution in [3.05, 3.63) is 35.4 Å².